The second-order valence-corrected chi connectivity index (χ2v) is 4.77. The fraction of sp³-hybridized carbons (Fsp3) is 0.250. The average molecular weight is 287 g/mol. The number of carboxylic acid groups (broad SMARTS) is 1. The van der Waals surface area contributed by atoms with E-state index in [2.05, 4.69) is 5.32 Å². The Morgan fingerprint density at radius 1 is 1.10 bits per heavy atom. The van der Waals surface area contributed by atoms with Gasteiger partial charge in [-0.05, 0) is 17.7 Å². The smallest absolute Gasteiger partial charge is 0.303 e. The van der Waals surface area contributed by atoms with Crippen LogP contribution < -0.4 is 5.32 Å². The second-order valence-electron chi connectivity index (χ2n) is 4.77. The molecule has 1 aromatic heterocycles. The highest BCUT2D eigenvalue weighted by atomic mass is 16.4. The van der Waals surface area contributed by atoms with Crippen LogP contribution >= 0.6 is 0 Å². The van der Waals surface area contributed by atoms with E-state index in [4.69, 9.17) is 9.52 Å². The van der Waals surface area contributed by atoms with Crippen molar-refractivity contribution in [3.63, 3.8) is 0 Å². The van der Waals surface area contributed by atoms with Crippen LogP contribution in [0.4, 0.5) is 0 Å². The van der Waals surface area contributed by atoms with Gasteiger partial charge in [-0.15, -0.1) is 0 Å². The summed E-state index contributed by atoms with van der Waals surface area (Å²) in [5, 5.41) is 11.7. The number of aliphatic carboxylic acids is 1. The van der Waals surface area contributed by atoms with Crippen molar-refractivity contribution in [1.29, 1.82) is 0 Å². The fourth-order valence-electron chi connectivity index (χ4n) is 2.14. The van der Waals surface area contributed by atoms with Gasteiger partial charge in [-0.3, -0.25) is 9.59 Å². The Hall–Kier alpha value is -2.56. The quantitative estimate of drug-likeness (QED) is 0.820. The highest BCUT2D eigenvalue weighted by molar-refractivity contribution is 5.78. The maximum atomic E-state index is 12.0. The largest absolute Gasteiger partial charge is 0.481 e. The molecule has 0 aliphatic carbocycles. The molecule has 1 aromatic carbocycles. The van der Waals surface area contributed by atoms with E-state index < -0.39 is 5.97 Å². The third kappa shape index (κ3) is 4.80. The number of furan rings is 1. The monoisotopic (exact) mass is 287 g/mol. The molecule has 0 saturated carbocycles. The summed E-state index contributed by atoms with van der Waals surface area (Å²) < 4.78 is 5.13. The normalized spacial score (nSPS) is 11.8. The van der Waals surface area contributed by atoms with Crippen LogP contribution in [0.1, 0.15) is 30.1 Å². The second kappa shape index (κ2) is 7.28. The minimum atomic E-state index is -0.914. The summed E-state index contributed by atoms with van der Waals surface area (Å²) in [6.45, 7) is 0.306. The highest BCUT2D eigenvalue weighted by Crippen LogP contribution is 2.23. The first-order chi connectivity index (χ1) is 10.1. The number of carboxylic acids is 1. The molecule has 0 aliphatic rings. The summed E-state index contributed by atoms with van der Waals surface area (Å²) in [5.41, 5.74) is 0.855. The Morgan fingerprint density at radius 2 is 1.86 bits per heavy atom. The first-order valence-corrected chi connectivity index (χ1v) is 6.71. The highest BCUT2D eigenvalue weighted by Gasteiger charge is 2.19. The molecule has 2 aromatic rings. The lowest BCUT2D eigenvalue weighted by Crippen LogP contribution is -2.25. The van der Waals surface area contributed by atoms with Crippen molar-refractivity contribution >= 4 is 11.9 Å². The number of carbonyl (C=O) groups excluding carboxylic acids is 1. The lowest BCUT2D eigenvalue weighted by molar-refractivity contribution is -0.137. The van der Waals surface area contributed by atoms with Gasteiger partial charge in [0.2, 0.25) is 5.91 Å². The van der Waals surface area contributed by atoms with E-state index >= 15 is 0 Å². The van der Waals surface area contributed by atoms with Crippen molar-refractivity contribution < 1.29 is 19.1 Å². The molecule has 110 valence electrons. The molecule has 5 heteroatoms. The Bertz CT molecular complexity index is 578. The van der Waals surface area contributed by atoms with Gasteiger partial charge in [0.25, 0.3) is 0 Å². The summed E-state index contributed by atoms with van der Waals surface area (Å²) in [4.78, 5) is 22.9. The van der Waals surface area contributed by atoms with Gasteiger partial charge in [0, 0.05) is 12.3 Å². The van der Waals surface area contributed by atoms with E-state index in [9.17, 15) is 9.59 Å². The van der Waals surface area contributed by atoms with E-state index in [1.807, 2.05) is 30.3 Å². The summed E-state index contributed by atoms with van der Waals surface area (Å²) >= 11 is 0. The zero-order chi connectivity index (χ0) is 15.1. The topological polar surface area (TPSA) is 79.5 Å². The molecule has 0 fully saturated rings. The molecule has 0 unspecified atom stereocenters. The molecule has 2 rings (SSSR count). The molecule has 1 atom stereocenters. The van der Waals surface area contributed by atoms with Crippen molar-refractivity contribution in [3.05, 3.63) is 60.1 Å². The number of amides is 1. The Morgan fingerprint density at radius 3 is 2.48 bits per heavy atom. The molecule has 0 radical (unpaired) electrons. The van der Waals surface area contributed by atoms with Gasteiger partial charge >= 0.3 is 5.97 Å². The number of hydrogen-bond donors (Lipinski definition) is 2. The number of rotatable bonds is 7. The van der Waals surface area contributed by atoms with Gasteiger partial charge in [0.1, 0.15) is 5.76 Å². The molecule has 1 heterocycles. The van der Waals surface area contributed by atoms with Crippen LogP contribution in [0.3, 0.4) is 0 Å². The average Bonchev–Trinajstić information content (AvgIpc) is 2.98. The van der Waals surface area contributed by atoms with Crippen LogP contribution in [0, 0.1) is 0 Å². The van der Waals surface area contributed by atoms with Crippen LogP contribution in [-0.4, -0.2) is 17.0 Å². The molecule has 5 nitrogen and oxygen atoms in total. The van der Waals surface area contributed by atoms with Gasteiger partial charge in [-0.1, -0.05) is 30.3 Å². The van der Waals surface area contributed by atoms with Crippen LogP contribution in [0.15, 0.2) is 53.1 Å². The number of nitrogens with one attached hydrogen (secondary N) is 1. The molecule has 0 spiro atoms. The minimum Gasteiger partial charge on any atom is -0.481 e. The standard InChI is InChI=1S/C16H17NO4/c18-15(17-11-14-7-4-8-21-14)9-13(10-16(19)20)12-5-2-1-3-6-12/h1-8,13H,9-11H2,(H,17,18)(H,19,20)/t13-/m1/s1. The van der Waals surface area contributed by atoms with Crippen molar-refractivity contribution in [3.8, 4) is 0 Å². The lowest BCUT2D eigenvalue weighted by Gasteiger charge is -2.15. The minimum absolute atomic E-state index is 0.0712. The van der Waals surface area contributed by atoms with Gasteiger partial charge in [0.15, 0.2) is 0 Å². The summed E-state index contributed by atoms with van der Waals surface area (Å²) in [6, 6.07) is 12.7. The van der Waals surface area contributed by atoms with E-state index in [0.29, 0.717) is 12.3 Å². The zero-order valence-corrected chi connectivity index (χ0v) is 11.5. The molecule has 2 N–H and O–H groups in total. The van der Waals surface area contributed by atoms with E-state index in [1.165, 1.54) is 0 Å². The summed E-state index contributed by atoms with van der Waals surface area (Å²) in [7, 11) is 0. The van der Waals surface area contributed by atoms with Crippen molar-refractivity contribution in [2.75, 3.05) is 0 Å². The van der Waals surface area contributed by atoms with E-state index in [0.717, 1.165) is 5.56 Å². The van der Waals surface area contributed by atoms with Crippen molar-refractivity contribution in [2.45, 2.75) is 25.3 Å². The molecule has 1 amide bonds. The first-order valence-electron chi connectivity index (χ1n) is 6.71. The Kier molecular flexibility index (Phi) is 5.15. The van der Waals surface area contributed by atoms with Crippen LogP contribution in [0.5, 0.6) is 0 Å². The molecule has 21 heavy (non-hydrogen) atoms. The van der Waals surface area contributed by atoms with Crippen LogP contribution in [0.2, 0.25) is 0 Å². The van der Waals surface area contributed by atoms with E-state index in [-0.39, 0.29) is 24.7 Å². The lowest BCUT2D eigenvalue weighted by atomic mass is 9.92. The number of benzene rings is 1. The fourth-order valence-corrected chi connectivity index (χ4v) is 2.14. The maximum Gasteiger partial charge on any atom is 0.303 e. The molecule has 0 saturated heterocycles. The molecule has 0 bridgehead atoms. The van der Waals surface area contributed by atoms with Crippen molar-refractivity contribution in [2.24, 2.45) is 0 Å². The van der Waals surface area contributed by atoms with Gasteiger partial charge in [-0.25, -0.2) is 0 Å². The van der Waals surface area contributed by atoms with Gasteiger partial charge in [-0.2, -0.15) is 0 Å². The third-order valence-corrected chi connectivity index (χ3v) is 3.16. The third-order valence-electron chi connectivity index (χ3n) is 3.16. The van der Waals surface area contributed by atoms with Gasteiger partial charge < -0.3 is 14.8 Å². The van der Waals surface area contributed by atoms with E-state index in [1.54, 1.807) is 18.4 Å². The Labute approximate surface area is 122 Å². The summed E-state index contributed by atoms with van der Waals surface area (Å²) in [5.74, 6) is -0.776. The molecular weight excluding hydrogens is 270 g/mol. The van der Waals surface area contributed by atoms with Gasteiger partial charge in [0.05, 0.1) is 19.2 Å². The van der Waals surface area contributed by atoms with Crippen molar-refractivity contribution in [1.82, 2.24) is 5.32 Å². The molecule has 0 aliphatic heterocycles. The number of carbonyl (C=O) groups is 2. The SMILES string of the molecule is O=C(O)C[C@@H](CC(=O)NCc1ccco1)c1ccccc1. The van der Waals surface area contributed by atoms with Crippen LogP contribution in [0.25, 0.3) is 0 Å². The maximum absolute atomic E-state index is 12.0. The van der Waals surface area contributed by atoms with Crippen LogP contribution in [-0.2, 0) is 16.1 Å². The Balaban J connectivity index is 1.94. The zero-order valence-electron chi connectivity index (χ0n) is 11.5. The predicted octanol–water partition coefficient (Wildman–Crippen LogP) is 2.54. The predicted molar refractivity (Wildman–Crippen MR) is 76.6 cm³/mol. The number of hydrogen-bond acceptors (Lipinski definition) is 3. The molecular formula is C16H17NO4. The summed E-state index contributed by atoms with van der Waals surface area (Å²) in [6.07, 6.45) is 1.61. The first kappa shape index (κ1) is 14.8.